The number of sulfonamides is 1. The smallest absolute Gasteiger partial charge is 0.263 e. The Bertz CT molecular complexity index is 1460. The van der Waals surface area contributed by atoms with E-state index in [1.165, 1.54) is 17.4 Å². The summed E-state index contributed by atoms with van der Waals surface area (Å²) in [7, 11) is -3.68. The fraction of sp³-hybridized carbons (Fsp3) is 0.250. The molecule has 5 rings (SSSR count). The van der Waals surface area contributed by atoms with Crippen molar-refractivity contribution in [1.29, 1.82) is 0 Å². The maximum atomic E-state index is 14.0. The van der Waals surface area contributed by atoms with Crippen LogP contribution in [0.5, 0.6) is 0 Å². The van der Waals surface area contributed by atoms with Crippen LogP contribution >= 0.6 is 11.3 Å². The first-order chi connectivity index (χ1) is 16.8. The maximum Gasteiger partial charge on any atom is 0.263 e. The molecule has 188 valence electrons. The fourth-order valence-corrected chi connectivity index (χ4v) is 5.99. The van der Waals surface area contributed by atoms with Gasteiger partial charge in [-0.15, -0.1) is 11.3 Å². The second-order valence-electron chi connectivity index (χ2n) is 8.52. The number of amides is 1. The Morgan fingerprint density at radius 3 is 2.71 bits per heavy atom. The van der Waals surface area contributed by atoms with Gasteiger partial charge in [-0.2, -0.15) is 0 Å². The highest BCUT2D eigenvalue weighted by atomic mass is 32.2. The Balaban J connectivity index is 0.00000169. The fourth-order valence-electron chi connectivity index (χ4n) is 4.20. The zero-order valence-corrected chi connectivity index (χ0v) is 20.5. The molecule has 0 bridgehead atoms. The number of nitrogens with zero attached hydrogens (tertiary/aromatic N) is 3. The monoisotopic (exact) mass is 519 g/mol. The number of carbonyl (C=O) groups is 1. The summed E-state index contributed by atoms with van der Waals surface area (Å²) in [6.45, 7) is 3.86. The summed E-state index contributed by atoms with van der Waals surface area (Å²) in [5, 5.41) is 5.53. The van der Waals surface area contributed by atoms with E-state index >= 15 is 0 Å². The van der Waals surface area contributed by atoms with Crippen molar-refractivity contribution >= 4 is 49.0 Å². The van der Waals surface area contributed by atoms with Gasteiger partial charge < -0.3 is 14.8 Å². The van der Waals surface area contributed by atoms with E-state index in [0.717, 1.165) is 18.8 Å². The number of fused-ring (bicyclic) bond motifs is 1. The van der Waals surface area contributed by atoms with Crippen molar-refractivity contribution in [3.63, 3.8) is 0 Å². The van der Waals surface area contributed by atoms with Crippen LogP contribution in [0.25, 0.3) is 10.9 Å². The largest absolute Gasteiger partial charge is 0.371 e. The third kappa shape index (κ3) is 4.73. The van der Waals surface area contributed by atoms with Crippen LogP contribution in [0.4, 0.5) is 15.2 Å². The summed E-state index contributed by atoms with van der Waals surface area (Å²) >= 11 is 1.22. The first kappa shape index (κ1) is 23.3. The Morgan fingerprint density at radius 1 is 1.23 bits per heavy atom. The molecule has 8 nitrogen and oxygen atoms in total. The molecule has 11 heteroatoms. The van der Waals surface area contributed by atoms with Gasteiger partial charge in [0.15, 0.2) is 5.13 Å². The van der Waals surface area contributed by atoms with Crippen LogP contribution in [0.15, 0.2) is 71.2 Å². The molecular weight excluding hydrogens is 489 g/mol. The van der Waals surface area contributed by atoms with Crippen LogP contribution in [-0.4, -0.2) is 43.5 Å². The lowest BCUT2D eigenvalue weighted by atomic mass is 9.99. The van der Waals surface area contributed by atoms with E-state index in [-0.39, 0.29) is 20.9 Å². The highest BCUT2D eigenvalue weighted by Crippen LogP contribution is 2.27. The summed E-state index contributed by atoms with van der Waals surface area (Å²) < 4.78 is 43.1. The van der Waals surface area contributed by atoms with E-state index in [0.29, 0.717) is 28.5 Å². The first-order valence-electron chi connectivity index (χ1n) is 11.1. The van der Waals surface area contributed by atoms with Crippen LogP contribution < -0.4 is 14.9 Å². The molecule has 1 amide bonds. The van der Waals surface area contributed by atoms with Gasteiger partial charge in [0.2, 0.25) is 5.91 Å². The third-order valence-electron chi connectivity index (χ3n) is 6.19. The quantitative estimate of drug-likeness (QED) is 0.355. The topological polar surface area (TPSA) is 96.3 Å². The van der Waals surface area contributed by atoms with Crippen molar-refractivity contribution in [1.82, 2.24) is 14.9 Å². The summed E-state index contributed by atoms with van der Waals surface area (Å²) in [5.74, 6) is -0.127. The number of nitrogens with one attached hydrogen (secondary N) is 2. The van der Waals surface area contributed by atoms with Crippen molar-refractivity contribution in [3.05, 3.63) is 72.1 Å². The van der Waals surface area contributed by atoms with Gasteiger partial charge in [0.05, 0.1) is 10.4 Å². The minimum atomic E-state index is -3.68. The summed E-state index contributed by atoms with van der Waals surface area (Å²) in [6, 6.07) is 12.8. The Kier molecular flexibility index (Phi) is 6.20. The van der Waals surface area contributed by atoms with E-state index < -0.39 is 16.1 Å². The SMILES string of the molecule is C[C@@H](C(=O)NCC1CN(c2ccc(S(=O)(=O)Nc3nccs3)cc2)C1)n1ccc2c(F)cccc21.[HH].[HH].[HH]. The zero-order chi connectivity index (χ0) is 24.6. The lowest BCUT2D eigenvalue weighted by Gasteiger charge is -2.41. The van der Waals surface area contributed by atoms with Crippen LogP contribution in [0.2, 0.25) is 0 Å². The Labute approximate surface area is 210 Å². The molecule has 4 aromatic rings. The normalized spacial score (nSPS) is 15.1. The number of halogens is 1. The van der Waals surface area contributed by atoms with Gasteiger partial charge in [-0.05, 0) is 49.4 Å². The molecule has 1 atom stereocenters. The standard InChI is InChI=1S/C24H24FN5O3S2.3H2/c1-16(30-11-9-20-21(25)3-2-4-22(20)30)23(31)27-13-17-14-29(15-17)18-5-7-19(8-6-18)35(32,33)28-24-26-10-12-34-24;;;/h2-12,16-17H,13-15H2,1H3,(H,26,28)(H,27,31);3*1H/t16-;;;/m0.../s1. The number of aromatic nitrogens is 2. The van der Waals surface area contributed by atoms with Gasteiger partial charge in [-0.1, -0.05) is 6.07 Å². The Hall–Kier alpha value is -3.44. The minimum Gasteiger partial charge on any atom is -0.371 e. The van der Waals surface area contributed by atoms with Crippen molar-refractivity contribution in [3.8, 4) is 0 Å². The molecular formula is C24H30FN5O3S2. The molecule has 0 saturated carbocycles. The molecule has 1 aliphatic rings. The minimum absolute atomic E-state index is 0. The lowest BCUT2D eigenvalue weighted by Crippen LogP contribution is -2.52. The van der Waals surface area contributed by atoms with Crippen molar-refractivity contribution in [2.45, 2.75) is 17.9 Å². The number of benzene rings is 2. The highest BCUT2D eigenvalue weighted by Gasteiger charge is 2.28. The van der Waals surface area contributed by atoms with Crippen molar-refractivity contribution in [2.75, 3.05) is 29.3 Å². The number of anilines is 2. The third-order valence-corrected chi connectivity index (χ3v) is 8.37. The predicted molar refractivity (Wildman–Crippen MR) is 141 cm³/mol. The van der Waals surface area contributed by atoms with E-state index in [4.69, 9.17) is 0 Å². The molecule has 2 N–H and O–H groups in total. The van der Waals surface area contributed by atoms with E-state index in [1.54, 1.807) is 71.7 Å². The number of hydrogen-bond acceptors (Lipinski definition) is 6. The van der Waals surface area contributed by atoms with Crippen LogP contribution in [0, 0.1) is 11.7 Å². The van der Waals surface area contributed by atoms with E-state index in [1.807, 2.05) is 0 Å². The molecule has 3 heterocycles. The average molecular weight is 520 g/mol. The van der Waals surface area contributed by atoms with Gasteiger partial charge in [0, 0.05) is 58.7 Å². The van der Waals surface area contributed by atoms with Crippen LogP contribution in [0.3, 0.4) is 0 Å². The molecule has 1 saturated heterocycles. The molecule has 0 radical (unpaired) electrons. The molecule has 2 aromatic heterocycles. The van der Waals surface area contributed by atoms with Crippen LogP contribution in [0.1, 0.15) is 17.2 Å². The number of carbonyl (C=O) groups excluding carboxylic acids is 1. The predicted octanol–water partition coefficient (Wildman–Crippen LogP) is 4.59. The molecule has 0 spiro atoms. The van der Waals surface area contributed by atoms with Gasteiger partial charge in [0.1, 0.15) is 11.9 Å². The molecule has 0 unspecified atom stereocenters. The zero-order valence-electron chi connectivity index (χ0n) is 18.9. The summed E-state index contributed by atoms with van der Waals surface area (Å²) in [6.07, 6.45) is 3.28. The number of rotatable bonds is 8. The molecule has 1 aliphatic heterocycles. The second kappa shape index (κ2) is 9.31. The maximum absolute atomic E-state index is 14.0. The molecule has 2 aromatic carbocycles. The Morgan fingerprint density at radius 2 is 2.00 bits per heavy atom. The number of hydrogen-bond donors (Lipinski definition) is 2. The summed E-state index contributed by atoms with van der Waals surface area (Å²) in [5.41, 5.74) is 1.62. The molecule has 35 heavy (non-hydrogen) atoms. The van der Waals surface area contributed by atoms with Crippen molar-refractivity contribution in [2.24, 2.45) is 5.92 Å². The van der Waals surface area contributed by atoms with Gasteiger partial charge in [-0.25, -0.2) is 17.8 Å². The lowest BCUT2D eigenvalue weighted by molar-refractivity contribution is -0.124. The molecule has 0 aliphatic carbocycles. The first-order valence-corrected chi connectivity index (χ1v) is 13.5. The van der Waals surface area contributed by atoms with Gasteiger partial charge >= 0.3 is 0 Å². The molecule has 1 fully saturated rings. The van der Waals surface area contributed by atoms with Gasteiger partial charge in [-0.3, -0.25) is 9.52 Å². The van der Waals surface area contributed by atoms with E-state index in [2.05, 4.69) is 19.9 Å². The second-order valence-corrected chi connectivity index (χ2v) is 11.1. The highest BCUT2D eigenvalue weighted by molar-refractivity contribution is 7.93. The summed E-state index contributed by atoms with van der Waals surface area (Å²) in [4.78, 5) is 19.0. The van der Waals surface area contributed by atoms with Gasteiger partial charge in [0.25, 0.3) is 10.0 Å². The van der Waals surface area contributed by atoms with E-state index in [9.17, 15) is 17.6 Å². The number of thiazole rings is 1. The van der Waals surface area contributed by atoms with Crippen LogP contribution in [-0.2, 0) is 14.8 Å². The average Bonchev–Trinajstić information content (AvgIpc) is 3.48. The van der Waals surface area contributed by atoms with Crippen molar-refractivity contribution < 1.29 is 21.9 Å².